The SMILES string of the molecule is Cc1ccc(NC(=O)CN(C)[C@@H](C)c2ccc(-n3cncn3)cc2)cc1. The molecule has 0 saturated heterocycles. The second kappa shape index (κ2) is 7.93. The van der Waals surface area contributed by atoms with Gasteiger partial charge in [-0.05, 0) is 50.7 Å². The molecule has 0 aliphatic heterocycles. The van der Waals surface area contributed by atoms with Crippen LogP contribution in [-0.2, 0) is 4.79 Å². The third-order valence-corrected chi connectivity index (χ3v) is 4.45. The van der Waals surface area contributed by atoms with Gasteiger partial charge in [0.1, 0.15) is 12.7 Å². The van der Waals surface area contributed by atoms with Crippen LogP contribution in [0.1, 0.15) is 24.1 Å². The number of amides is 1. The zero-order chi connectivity index (χ0) is 18.5. The van der Waals surface area contributed by atoms with Crippen molar-refractivity contribution in [3.05, 3.63) is 72.3 Å². The Morgan fingerprint density at radius 3 is 2.46 bits per heavy atom. The molecule has 1 heterocycles. The average Bonchev–Trinajstić information content (AvgIpc) is 3.18. The molecule has 1 N–H and O–H groups in total. The number of carbonyl (C=O) groups excluding carboxylic acids is 1. The van der Waals surface area contributed by atoms with Crippen LogP contribution in [0.25, 0.3) is 5.69 Å². The smallest absolute Gasteiger partial charge is 0.238 e. The normalized spacial score (nSPS) is 12.2. The van der Waals surface area contributed by atoms with E-state index in [1.807, 2.05) is 55.3 Å². The Labute approximate surface area is 153 Å². The molecule has 6 nitrogen and oxygen atoms in total. The third-order valence-electron chi connectivity index (χ3n) is 4.45. The van der Waals surface area contributed by atoms with Crippen molar-refractivity contribution in [2.24, 2.45) is 0 Å². The molecule has 26 heavy (non-hydrogen) atoms. The topological polar surface area (TPSA) is 63.1 Å². The summed E-state index contributed by atoms with van der Waals surface area (Å²) in [4.78, 5) is 18.3. The Balaban J connectivity index is 1.59. The van der Waals surface area contributed by atoms with Crippen LogP contribution < -0.4 is 5.32 Å². The van der Waals surface area contributed by atoms with E-state index in [1.54, 1.807) is 11.0 Å². The molecule has 0 saturated carbocycles. The van der Waals surface area contributed by atoms with Crippen molar-refractivity contribution in [3.63, 3.8) is 0 Å². The van der Waals surface area contributed by atoms with Gasteiger partial charge in [-0.3, -0.25) is 9.69 Å². The first-order chi connectivity index (χ1) is 12.5. The van der Waals surface area contributed by atoms with Crippen LogP contribution in [0.4, 0.5) is 5.69 Å². The fourth-order valence-electron chi connectivity index (χ4n) is 2.70. The number of nitrogens with one attached hydrogen (secondary N) is 1. The fourth-order valence-corrected chi connectivity index (χ4v) is 2.70. The summed E-state index contributed by atoms with van der Waals surface area (Å²) in [6.07, 6.45) is 3.18. The van der Waals surface area contributed by atoms with E-state index < -0.39 is 0 Å². The van der Waals surface area contributed by atoms with Crippen molar-refractivity contribution >= 4 is 11.6 Å². The second-order valence-corrected chi connectivity index (χ2v) is 6.44. The highest BCUT2D eigenvalue weighted by atomic mass is 16.2. The molecule has 0 aliphatic rings. The van der Waals surface area contributed by atoms with Gasteiger partial charge < -0.3 is 5.32 Å². The Bertz CT molecular complexity index is 841. The van der Waals surface area contributed by atoms with Crippen LogP contribution in [0.15, 0.2) is 61.2 Å². The molecule has 1 atom stereocenters. The molecule has 0 radical (unpaired) electrons. The molecular formula is C20H23N5O. The first-order valence-electron chi connectivity index (χ1n) is 8.54. The van der Waals surface area contributed by atoms with Crippen LogP contribution >= 0.6 is 0 Å². The second-order valence-electron chi connectivity index (χ2n) is 6.44. The summed E-state index contributed by atoms with van der Waals surface area (Å²) in [5.74, 6) is -0.0255. The quantitative estimate of drug-likeness (QED) is 0.742. The first-order valence-corrected chi connectivity index (χ1v) is 8.54. The van der Waals surface area contributed by atoms with Crippen molar-refractivity contribution in [1.82, 2.24) is 19.7 Å². The Kier molecular flexibility index (Phi) is 5.43. The van der Waals surface area contributed by atoms with Gasteiger partial charge in [0.05, 0.1) is 12.2 Å². The van der Waals surface area contributed by atoms with E-state index in [9.17, 15) is 4.79 Å². The molecule has 2 aromatic carbocycles. The number of hydrogen-bond acceptors (Lipinski definition) is 4. The molecule has 0 unspecified atom stereocenters. The van der Waals surface area contributed by atoms with E-state index >= 15 is 0 Å². The Morgan fingerprint density at radius 1 is 1.15 bits per heavy atom. The monoisotopic (exact) mass is 349 g/mol. The van der Waals surface area contributed by atoms with Crippen molar-refractivity contribution in [1.29, 1.82) is 0 Å². The number of aryl methyl sites for hydroxylation is 1. The van der Waals surface area contributed by atoms with Crippen molar-refractivity contribution in [2.75, 3.05) is 18.9 Å². The lowest BCUT2D eigenvalue weighted by atomic mass is 10.1. The van der Waals surface area contributed by atoms with Crippen LogP contribution in [0.2, 0.25) is 0 Å². The van der Waals surface area contributed by atoms with Crippen LogP contribution in [0.3, 0.4) is 0 Å². The molecule has 3 rings (SSSR count). The number of anilines is 1. The molecule has 3 aromatic rings. The van der Waals surface area contributed by atoms with E-state index in [2.05, 4.69) is 34.5 Å². The summed E-state index contributed by atoms with van der Waals surface area (Å²) in [7, 11) is 1.95. The van der Waals surface area contributed by atoms with Gasteiger partial charge in [0.2, 0.25) is 5.91 Å². The number of benzene rings is 2. The highest BCUT2D eigenvalue weighted by Gasteiger charge is 2.15. The molecule has 1 amide bonds. The number of aromatic nitrogens is 3. The van der Waals surface area contributed by atoms with Gasteiger partial charge in [-0.2, -0.15) is 5.10 Å². The van der Waals surface area contributed by atoms with E-state index in [0.717, 1.165) is 16.9 Å². The first kappa shape index (κ1) is 17.8. The summed E-state index contributed by atoms with van der Waals surface area (Å²) in [5, 5.41) is 7.06. The number of likely N-dealkylation sites (N-methyl/N-ethyl adjacent to an activating group) is 1. The van der Waals surface area contributed by atoms with Gasteiger partial charge in [-0.1, -0.05) is 29.8 Å². The lowest BCUT2D eigenvalue weighted by Crippen LogP contribution is -2.32. The number of hydrogen-bond donors (Lipinski definition) is 1. The van der Waals surface area contributed by atoms with Gasteiger partial charge in [0.25, 0.3) is 0 Å². The van der Waals surface area contributed by atoms with Gasteiger partial charge in [0, 0.05) is 11.7 Å². The van der Waals surface area contributed by atoms with E-state index in [4.69, 9.17) is 0 Å². The van der Waals surface area contributed by atoms with Crippen molar-refractivity contribution < 1.29 is 4.79 Å². The lowest BCUT2D eigenvalue weighted by Gasteiger charge is -2.24. The Hall–Kier alpha value is -2.99. The summed E-state index contributed by atoms with van der Waals surface area (Å²) < 4.78 is 1.72. The predicted molar refractivity (Wildman–Crippen MR) is 102 cm³/mol. The van der Waals surface area contributed by atoms with E-state index in [1.165, 1.54) is 11.9 Å². The summed E-state index contributed by atoms with van der Waals surface area (Å²) in [6.45, 7) is 4.43. The fraction of sp³-hybridized carbons (Fsp3) is 0.250. The molecule has 0 bridgehead atoms. The molecule has 6 heteroatoms. The van der Waals surface area contributed by atoms with Crippen LogP contribution in [0, 0.1) is 6.92 Å². The lowest BCUT2D eigenvalue weighted by molar-refractivity contribution is -0.117. The number of nitrogens with zero attached hydrogens (tertiary/aromatic N) is 4. The molecule has 0 fully saturated rings. The van der Waals surface area contributed by atoms with Crippen LogP contribution in [0.5, 0.6) is 0 Å². The molecule has 1 aromatic heterocycles. The molecule has 0 spiro atoms. The minimum atomic E-state index is -0.0255. The summed E-state index contributed by atoms with van der Waals surface area (Å²) in [6, 6.07) is 16.0. The minimum absolute atomic E-state index is 0.0255. The summed E-state index contributed by atoms with van der Waals surface area (Å²) >= 11 is 0. The zero-order valence-electron chi connectivity index (χ0n) is 15.3. The predicted octanol–water partition coefficient (Wildman–Crippen LogP) is 3.21. The average molecular weight is 349 g/mol. The number of carbonyl (C=O) groups is 1. The van der Waals surface area contributed by atoms with E-state index in [0.29, 0.717) is 6.54 Å². The van der Waals surface area contributed by atoms with E-state index in [-0.39, 0.29) is 11.9 Å². The maximum atomic E-state index is 12.3. The molecule has 0 aliphatic carbocycles. The third kappa shape index (κ3) is 4.34. The van der Waals surface area contributed by atoms with Crippen LogP contribution in [-0.4, -0.2) is 39.2 Å². The molecular weight excluding hydrogens is 326 g/mol. The highest BCUT2D eigenvalue weighted by molar-refractivity contribution is 5.92. The summed E-state index contributed by atoms with van der Waals surface area (Å²) in [5.41, 5.74) is 4.08. The largest absolute Gasteiger partial charge is 0.325 e. The van der Waals surface area contributed by atoms with Gasteiger partial charge >= 0.3 is 0 Å². The van der Waals surface area contributed by atoms with Crippen molar-refractivity contribution in [3.8, 4) is 5.69 Å². The minimum Gasteiger partial charge on any atom is -0.325 e. The maximum Gasteiger partial charge on any atom is 0.238 e. The van der Waals surface area contributed by atoms with Gasteiger partial charge in [-0.25, -0.2) is 9.67 Å². The standard InChI is InChI=1S/C20H23N5O/c1-15-4-8-18(9-5-15)23-20(26)12-24(3)16(2)17-6-10-19(11-7-17)25-14-21-13-22-25/h4-11,13-14,16H,12H2,1-3H3,(H,23,26)/t16-/m0/s1. The highest BCUT2D eigenvalue weighted by Crippen LogP contribution is 2.20. The van der Waals surface area contributed by atoms with Gasteiger partial charge in [0.15, 0.2) is 0 Å². The maximum absolute atomic E-state index is 12.3. The Morgan fingerprint density at radius 2 is 1.85 bits per heavy atom. The molecule has 134 valence electrons. The number of rotatable bonds is 6. The van der Waals surface area contributed by atoms with Gasteiger partial charge in [-0.15, -0.1) is 0 Å². The zero-order valence-corrected chi connectivity index (χ0v) is 15.3. The van der Waals surface area contributed by atoms with Crippen molar-refractivity contribution in [2.45, 2.75) is 19.9 Å².